The second kappa shape index (κ2) is 8.59. The Morgan fingerprint density at radius 1 is 1.14 bits per heavy atom. The number of carbonyl (C=O) groups excluding carboxylic acids is 2. The minimum absolute atomic E-state index is 0.0189. The smallest absolute Gasteiger partial charge is 0.342 e. The van der Waals surface area contributed by atoms with Gasteiger partial charge in [-0.2, -0.15) is 0 Å². The molecule has 0 bridgehead atoms. The van der Waals surface area contributed by atoms with E-state index in [0.29, 0.717) is 36.6 Å². The Labute approximate surface area is 166 Å². The summed E-state index contributed by atoms with van der Waals surface area (Å²) in [5.74, 6) is -0.362. The van der Waals surface area contributed by atoms with Crippen LogP contribution in [0.5, 0.6) is 11.5 Å². The number of methoxy groups -OCH3 is 2. The van der Waals surface area contributed by atoms with Crippen molar-refractivity contribution in [1.82, 2.24) is 0 Å². The van der Waals surface area contributed by atoms with Crippen molar-refractivity contribution in [1.29, 1.82) is 0 Å². The molecular formula is C20H20N2O7. The van der Waals surface area contributed by atoms with Gasteiger partial charge in [-0.1, -0.05) is 0 Å². The van der Waals surface area contributed by atoms with Crippen molar-refractivity contribution < 1.29 is 28.7 Å². The van der Waals surface area contributed by atoms with Crippen molar-refractivity contribution in [2.45, 2.75) is 12.8 Å². The number of benzene rings is 2. The number of amides is 1. The van der Waals surface area contributed by atoms with Crippen LogP contribution in [-0.2, 0) is 16.0 Å². The molecule has 0 aliphatic carbocycles. The molecule has 0 N–H and O–H groups in total. The Kier molecular flexibility index (Phi) is 5.96. The normalized spacial score (nSPS) is 12.7. The minimum Gasteiger partial charge on any atom is -0.497 e. The number of fused-ring (bicyclic) bond motifs is 1. The lowest BCUT2D eigenvalue weighted by atomic mass is 10.0. The second-order valence-corrected chi connectivity index (χ2v) is 6.36. The molecular weight excluding hydrogens is 380 g/mol. The highest BCUT2D eigenvalue weighted by Crippen LogP contribution is 2.31. The Morgan fingerprint density at radius 2 is 1.93 bits per heavy atom. The Balaban J connectivity index is 1.72. The summed E-state index contributed by atoms with van der Waals surface area (Å²) in [6.45, 7) is -0.0146. The summed E-state index contributed by atoms with van der Waals surface area (Å²) >= 11 is 0. The Bertz CT molecular complexity index is 958. The van der Waals surface area contributed by atoms with Crippen molar-refractivity contribution >= 4 is 23.3 Å². The molecule has 9 heteroatoms. The van der Waals surface area contributed by atoms with Crippen molar-refractivity contribution in [3.63, 3.8) is 0 Å². The molecule has 1 amide bonds. The lowest BCUT2D eigenvalue weighted by Gasteiger charge is -2.29. The van der Waals surface area contributed by atoms with E-state index in [1.165, 1.54) is 37.3 Å². The highest BCUT2D eigenvalue weighted by Gasteiger charge is 2.26. The molecule has 0 unspecified atom stereocenters. The van der Waals surface area contributed by atoms with Gasteiger partial charge in [-0.05, 0) is 42.7 Å². The zero-order valence-corrected chi connectivity index (χ0v) is 16.0. The summed E-state index contributed by atoms with van der Waals surface area (Å²) in [7, 11) is 2.90. The first-order valence-corrected chi connectivity index (χ1v) is 8.91. The number of anilines is 1. The van der Waals surface area contributed by atoms with Crippen LogP contribution in [0.4, 0.5) is 11.4 Å². The summed E-state index contributed by atoms with van der Waals surface area (Å²) < 4.78 is 15.5. The molecule has 1 heterocycles. The number of ether oxygens (including phenoxy) is 3. The summed E-state index contributed by atoms with van der Waals surface area (Å²) in [5, 5.41) is 11.0. The van der Waals surface area contributed by atoms with Crippen LogP contribution in [-0.4, -0.2) is 44.2 Å². The lowest BCUT2D eigenvalue weighted by molar-refractivity contribution is -0.384. The molecule has 152 valence electrons. The fourth-order valence-electron chi connectivity index (χ4n) is 3.21. The average Bonchev–Trinajstić information content (AvgIpc) is 2.75. The third-order valence-corrected chi connectivity index (χ3v) is 4.65. The lowest BCUT2D eigenvalue weighted by Crippen LogP contribution is -2.38. The summed E-state index contributed by atoms with van der Waals surface area (Å²) in [6, 6.07) is 9.08. The van der Waals surface area contributed by atoms with Crippen LogP contribution in [0.2, 0.25) is 0 Å². The van der Waals surface area contributed by atoms with Gasteiger partial charge >= 0.3 is 5.97 Å². The predicted molar refractivity (Wildman–Crippen MR) is 104 cm³/mol. The molecule has 0 aromatic heterocycles. The molecule has 2 aromatic rings. The molecule has 0 fully saturated rings. The van der Waals surface area contributed by atoms with E-state index in [0.717, 1.165) is 5.56 Å². The summed E-state index contributed by atoms with van der Waals surface area (Å²) in [6.07, 6.45) is 1.30. The van der Waals surface area contributed by atoms with Crippen LogP contribution in [0.3, 0.4) is 0 Å². The van der Waals surface area contributed by atoms with E-state index in [4.69, 9.17) is 14.2 Å². The molecule has 3 rings (SSSR count). The van der Waals surface area contributed by atoms with E-state index < -0.39 is 23.4 Å². The van der Waals surface area contributed by atoms with Gasteiger partial charge in [0, 0.05) is 24.4 Å². The standard InChI is InChI=1S/C20H20N2O7/c1-27-15-6-8-18(28-2)16(11-15)20(24)29-12-19(23)21-9-3-4-13-10-14(22(25)26)5-7-17(13)21/h5-8,10-11H,3-4,9,12H2,1-2H3. The SMILES string of the molecule is COc1ccc(OC)c(C(=O)OCC(=O)N2CCCc3cc([N+](=O)[O-])ccc32)c1. The molecule has 0 spiro atoms. The molecule has 0 saturated carbocycles. The molecule has 29 heavy (non-hydrogen) atoms. The molecule has 0 radical (unpaired) electrons. The number of non-ortho nitro benzene ring substituents is 1. The molecule has 9 nitrogen and oxygen atoms in total. The Morgan fingerprint density at radius 3 is 2.62 bits per heavy atom. The monoisotopic (exact) mass is 400 g/mol. The number of hydrogen-bond donors (Lipinski definition) is 0. The number of nitrogens with zero attached hydrogens (tertiary/aromatic N) is 2. The minimum atomic E-state index is -0.713. The van der Waals surface area contributed by atoms with Gasteiger partial charge in [-0.3, -0.25) is 14.9 Å². The maximum absolute atomic E-state index is 12.7. The van der Waals surface area contributed by atoms with Crippen molar-refractivity contribution in [3.05, 3.63) is 57.6 Å². The van der Waals surface area contributed by atoms with Crippen LogP contribution >= 0.6 is 0 Å². The van der Waals surface area contributed by atoms with Gasteiger partial charge in [0.15, 0.2) is 6.61 Å². The summed E-state index contributed by atoms with van der Waals surface area (Å²) in [4.78, 5) is 37.1. The first-order chi connectivity index (χ1) is 13.9. The van der Waals surface area contributed by atoms with Gasteiger partial charge in [-0.15, -0.1) is 0 Å². The van der Waals surface area contributed by atoms with Gasteiger partial charge in [0.1, 0.15) is 17.1 Å². The first kappa shape index (κ1) is 20.1. The highest BCUT2D eigenvalue weighted by atomic mass is 16.6. The predicted octanol–water partition coefficient (Wildman–Crippen LogP) is 2.75. The van der Waals surface area contributed by atoms with E-state index in [-0.39, 0.29) is 11.3 Å². The first-order valence-electron chi connectivity index (χ1n) is 8.91. The number of esters is 1. The third kappa shape index (κ3) is 4.29. The average molecular weight is 400 g/mol. The van der Waals surface area contributed by atoms with E-state index in [1.807, 2.05) is 0 Å². The van der Waals surface area contributed by atoms with Crippen LogP contribution < -0.4 is 14.4 Å². The van der Waals surface area contributed by atoms with E-state index in [9.17, 15) is 19.7 Å². The number of carbonyl (C=O) groups is 2. The summed E-state index contributed by atoms with van der Waals surface area (Å²) in [5.41, 5.74) is 1.45. The molecule has 2 aromatic carbocycles. The number of rotatable bonds is 6. The van der Waals surface area contributed by atoms with Crippen LogP contribution in [0.25, 0.3) is 0 Å². The fraction of sp³-hybridized carbons (Fsp3) is 0.300. The molecule has 0 saturated heterocycles. The van der Waals surface area contributed by atoms with Crippen LogP contribution in [0.15, 0.2) is 36.4 Å². The second-order valence-electron chi connectivity index (χ2n) is 6.36. The van der Waals surface area contributed by atoms with Crippen molar-refractivity contribution in [3.8, 4) is 11.5 Å². The number of hydrogen-bond acceptors (Lipinski definition) is 7. The topological polar surface area (TPSA) is 108 Å². The largest absolute Gasteiger partial charge is 0.497 e. The van der Waals surface area contributed by atoms with Gasteiger partial charge in [0.25, 0.3) is 11.6 Å². The van der Waals surface area contributed by atoms with Crippen molar-refractivity contribution in [2.24, 2.45) is 0 Å². The van der Waals surface area contributed by atoms with Gasteiger partial charge < -0.3 is 19.1 Å². The van der Waals surface area contributed by atoms with Crippen LogP contribution in [0.1, 0.15) is 22.3 Å². The molecule has 1 aliphatic heterocycles. The number of nitro benzene ring substituents is 1. The van der Waals surface area contributed by atoms with E-state index in [1.54, 1.807) is 18.2 Å². The molecule has 0 atom stereocenters. The molecule has 1 aliphatic rings. The maximum Gasteiger partial charge on any atom is 0.342 e. The number of nitro groups is 1. The quantitative estimate of drug-likeness (QED) is 0.417. The third-order valence-electron chi connectivity index (χ3n) is 4.65. The van der Waals surface area contributed by atoms with E-state index >= 15 is 0 Å². The number of aryl methyl sites for hydroxylation is 1. The Hall–Kier alpha value is -3.62. The van der Waals surface area contributed by atoms with Gasteiger partial charge in [0.2, 0.25) is 0 Å². The zero-order valence-electron chi connectivity index (χ0n) is 16.0. The van der Waals surface area contributed by atoms with Crippen molar-refractivity contribution in [2.75, 3.05) is 32.3 Å². The van der Waals surface area contributed by atoms with Gasteiger partial charge in [0.05, 0.1) is 19.1 Å². The highest BCUT2D eigenvalue weighted by molar-refractivity contribution is 5.99. The van der Waals surface area contributed by atoms with E-state index in [2.05, 4.69) is 0 Å². The van der Waals surface area contributed by atoms with Crippen LogP contribution in [0, 0.1) is 10.1 Å². The van der Waals surface area contributed by atoms with Gasteiger partial charge in [-0.25, -0.2) is 4.79 Å². The fourth-order valence-corrected chi connectivity index (χ4v) is 3.21. The maximum atomic E-state index is 12.7. The zero-order chi connectivity index (χ0) is 21.0.